The first kappa shape index (κ1) is 12.1. The van der Waals surface area contributed by atoms with Gasteiger partial charge in [0.05, 0.1) is 5.69 Å². The molecule has 0 bridgehead atoms. The van der Waals surface area contributed by atoms with Gasteiger partial charge in [-0.05, 0) is 44.7 Å². The summed E-state index contributed by atoms with van der Waals surface area (Å²) in [6.07, 6.45) is 7.85. The average molecular weight is 271 g/mol. The Labute approximate surface area is 119 Å². The van der Waals surface area contributed by atoms with E-state index in [9.17, 15) is 0 Å². The van der Waals surface area contributed by atoms with Crippen LogP contribution in [0.5, 0.6) is 0 Å². The Morgan fingerprint density at radius 3 is 3.10 bits per heavy atom. The van der Waals surface area contributed by atoms with Crippen molar-refractivity contribution in [1.82, 2.24) is 19.5 Å². The van der Waals surface area contributed by atoms with Crippen molar-refractivity contribution < 1.29 is 0 Å². The summed E-state index contributed by atoms with van der Waals surface area (Å²) >= 11 is 0. The second-order valence-electron chi connectivity index (χ2n) is 6.15. The van der Waals surface area contributed by atoms with E-state index in [2.05, 4.69) is 26.4 Å². The minimum atomic E-state index is 0.752. The number of aryl methyl sites for hydroxylation is 1. The minimum Gasteiger partial charge on any atom is -0.368 e. The highest BCUT2D eigenvalue weighted by molar-refractivity contribution is 5.67. The number of hydrogen-bond donors (Lipinski definition) is 1. The minimum absolute atomic E-state index is 0.752. The number of fused-ring (bicyclic) bond motifs is 1. The molecule has 1 unspecified atom stereocenters. The maximum atomic E-state index is 4.46. The summed E-state index contributed by atoms with van der Waals surface area (Å²) in [6.45, 7) is 5.56. The number of anilines is 1. The van der Waals surface area contributed by atoms with Crippen LogP contribution in [-0.4, -0.2) is 45.2 Å². The summed E-state index contributed by atoms with van der Waals surface area (Å²) in [5.41, 5.74) is 2.10. The van der Waals surface area contributed by atoms with E-state index < -0.39 is 0 Å². The van der Waals surface area contributed by atoms with Crippen LogP contribution in [0.2, 0.25) is 0 Å². The molecule has 1 aliphatic heterocycles. The molecule has 2 aromatic heterocycles. The lowest BCUT2D eigenvalue weighted by atomic mass is 10.1. The van der Waals surface area contributed by atoms with Gasteiger partial charge in [-0.3, -0.25) is 0 Å². The van der Waals surface area contributed by atoms with E-state index in [1.54, 1.807) is 0 Å². The molecule has 4 rings (SSSR count). The van der Waals surface area contributed by atoms with Crippen molar-refractivity contribution in [1.29, 1.82) is 0 Å². The molecule has 106 valence electrons. The van der Waals surface area contributed by atoms with Crippen molar-refractivity contribution in [3.63, 3.8) is 0 Å². The molecule has 1 atom stereocenters. The highest BCUT2D eigenvalue weighted by Gasteiger charge is 2.34. The van der Waals surface area contributed by atoms with E-state index >= 15 is 0 Å². The van der Waals surface area contributed by atoms with Gasteiger partial charge >= 0.3 is 0 Å². The largest absolute Gasteiger partial charge is 0.368 e. The molecule has 3 heterocycles. The molecule has 0 amide bonds. The summed E-state index contributed by atoms with van der Waals surface area (Å²) in [6, 6.07) is 2.99. The lowest BCUT2D eigenvalue weighted by Crippen LogP contribution is -2.25. The highest BCUT2D eigenvalue weighted by atomic mass is 15.2. The fraction of sp³-hybridized carbons (Fsp3) is 0.600. The van der Waals surface area contributed by atoms with Crippen LogP contribution in [0, 0.1) is 12.8 Å². The molecule has 5 heteroatoms. The van der Waals surface area contributed by atoms with Crippen LogP contribution in [0.1, 0.15) is 25.0 Å². The average Bonchev–Trinajstić information content (AvgIpc) is 3.05. The van der Waals surface area contributed by atoms with Gasteiger partial charge in [0.1, 0.15) is 5.52 Å². The third kappa shape index (κ3) is 2.26. The number of nitrogens with zero attached hydrogens (tertiary/aromatic N) is 4. The molecule has 5 nitrogen and oxygen atoms in total. The van der Waals surface area contributed by atoms with E-state index in [0.717, 1.165) is 35.5 Å². The summed E-state index contributed by atoms with van der Waals surface area (Å²) in [5.74, 6) is 1.71. The number of aromatic nitrogens is 3. The summed E-state index contributed by atoms with van der Waals surface area (Å²) in [4.78, 5) is 7.12. The predicted octanol–water partition coefficient (Wildman–Crippen LogP) is 1.93. The lowest BCUT2D eigenvalue weighted by molar-refractivity contribution is 0.316. The monoisotopic (exact) mass is 271 g/mol. The van der Waals surface area contributed by atoms with Crippen molar-refractivity contribution in [2.75, 3.05) is 25.0 Å². The van der Waals surface area contributed by atoms with E-state index in [1.807, 2.05) is 23.8 Å². The maximum absolute atomic E-state index is 4.46. The Kier molecular flexibility index (Phi) is 2.88. The smallest absolute Gasteiger partial charge is 0.152 e. The number of likely N-dealkylation sites (tertiary alicyclic amines) is 1. The maximum Gasteiger partial charge on any atom is 0.152 e. The van der Waals surface area contributed by atoms with Crippen LogP contribution in [0.4, 0.5) is 5.82 Å². The first-order valence-corrected chi connectivity index (χ1v) is 7.58. The van der Waals surface area contributed by atoms with Crippen molar-refractivity contribution in [3.8, 4) is 0 Å². The Morgan fingerprint density at radius 1 is 1.35 bits per heavy atom. The molecule has 1 aliphatic carbocycles. The SMILES string of the molecule is Cc1cc2c(NCC3CCN(C4CC4)C3)nccn2n1. The molecule has 1 saturated heterocycles. The topological polar surface area (TPSA) is 45.5 Å². The molecular weight excluding hydrogens is 250 g/mol. The van der Waals surface area contributed by atoms with Crippen LogP contribution in [0.3, 0.4) is 0 Å². The molecule has 0 spiro atoms. The van der Waals surface area contributed by atoms with Crippen LogP contribution in [0.15, 0.2) is 18.5 Å². The molecule has 20 heavy (non-hydrogen) atoms. The molecule has 0 radical (unpaired) electrons. The van der Waals surface area contributed by atoms with E-state index in [4.69, 9.17) is 0 Å². The summed E-state index contributed by atoms with van der Waals surface area (Å²) in [5, 5.41) is 7.95. The van der Waals surface area contributed by atoms with E-state index in [1.165, 1.54) is 32.4 Å². The molecule has 1 saturated carbocycles. The first-order valence-electron chi connectivity index (χ1n) is 7.58. The second-order valence-corrected chi connectivity index (χ2v) is 6.15. The van der Waals surface area contributed by atoms with Crippen molar-refractivity contribution in [3.05, 3.63) is 24.2 Å². The van der Waals surface area contributed by atoms with E-state index in [-0.39, 0.29) is 0 Å². The third-order valence-electron chi connectivity index (χ3n) is 4.45. The Hall–Kier alpha value is -1.62. The van der Waals surface area contributed by atoms with Crippen LogP contribution >= 0.6 is 0 Å². The third-order valence-corrected chi connectivity index (χ3v) is 4.45. The van der Waals surface area contributed by atoms with Crippen molar-refractivity contribution in [2.24, 2.45) is 5.92 Å². The second kappa shape index (κ2) is 4.74. The van der Waals surface area contributed by atoms with Gasteiger partial charge in [-0.2, -0.15) is 5.10 Å². The Morgan fingerprint density at radius 2 is 2.25 bits per heavy atom. The summed E-state index contributed by atoms with van der Waals surface area (Å²) in [7, 11) is 0. The standard InChI is InChI=1S/C15H21N5/c1-11-8-14-15(16-5-7-20(14)18-11)17-9-12-4-6-19(10-12)13-2-3-13/h5,7-8,12-13H,2-4,6,9-10H2,1H3,(H,16,17). The zero-order chi connectivity index (χ0) is 13.5. The molecule has 2 aliphatic rings. The van der Waals surface area contributed by atoms with Gasteiger partial charge in [-0.15, -0.1) is 0 Å². The molecule has 1 N–H and O–H groups in total. The van der Waals surface area contributed by atoms with Crippen LogP contribution < -0.4 is 5.32 Å². The van der Waals surface area contributed by atoms with Gasteiger partial charge in [0.15, 0.2) is 5.82 Å². The fourth-order valence-corrected chi connectivity index (χ4v) is 3.22. The van der Waals surface area contributed by atoms with Crippen molar-refractivity contribution >= 4 is 11.3 Å². The normalized spacial score (nSPS) is 23.6. The fourth-order valence-electron chi connectivity index (χ4n) is 3.22. The van der Waals surface area contributed by atoms with Crippen LogP contribution in [0.25, 0.3) is 5.52 Å². The van der Waals surface area contributed by atoms with Gasteiger partial charge in [0, 0.05) is 31.5 Å². The number of hydrogen-bond acceptors (Lipinski definition) is 4. The Balaban J connectivity index is 1.43. The van der Waals surface area contributed by atoms with Gasteiger partial charge in [-0.25, -0.2) is 9.50 Å². The molecular formula is C15H21N5. The van der Waals surface area contributed by atoms with Crippen molar-refractivity contribution in [2.45, 2.75) is 32.2 Å². The first-order chi connectivity index (χ1) is 9.79. The van der Waals surface area contributed by atoms with Gasteiger partial charge in [0.25, 0.3) is 0 Å². The molecule has 2 fully saturated rings. The lowest BCUT2D eigenvalue weighted by Gasteiger charge is -2.15. The summed E-state index contributed by atoms with van der Waals surface area (Å²) < 4.78 is 1.90. The van der Waals surface area contributed by atoms with Gasteiger partial charge < -0.3 is 10.2 Å². The highest BCUT2D eigenvalue weighted by Crippen LogP contribution is 2.31. The molecule has 2 aromatic rings. The quantitative estimate of drug-likeness (QED) is 0.923. The zero-order valence-electron chi connectivity index (χ0n) is 11.9. The number of nitrogens with one attached hydrogen (secondary N) is 1. The van der Waals surface area contributed by atoms with Gasteiger partial charge in [-0.1, -0.05) is 0 Å². The number of rotatable bonds is 4. The predicted molar refractivity (Wildman–Crippen MR) is 78.9 cm³/mol. The Bertz CT molecular complexity index is 616. The van der Waals surface area contributed by atoms with E-state index in [0.29, 0.717) is 0 Å². The molecule has 0 aromatic carbocycles. The van der Waals surface area contributed by atoms with Gasteiger partial charge in [0.2, 0.25) is 0 Å². The van der Waals surface area contributed by atoms with Crippen LogP contribution in [-0.2, 0) is 0 Å². The zero-order valence-corrected chi connectivity index (χ0v) is 11.9.